The van der Waals surface area contributed by atoms with E-state index in [4.69, 9.17) is 0 Å². The summed E-state index contributed by atoms with van der Waals surface area (Å²) in [5, 5.41) is 10.5. The summed E-state index contributed by atoms with van der Waals surface area (Å²) < 4.78 is 0. The van der Waals surface area contributed by atoms with Gasteiger partial charge in [0.25, 0.3) is 0 Å². The van der Waals surface area contributed by atoms with Crippen molar-refractivity contribution in [1.29, 1.82) is 0 Å². The van der Waals surface area contributed by atoms with Gasteiger partial charge in [0, 0.05) is 6.42 Å². The minimum absolute atomic E-state index is 0.123. The first-order valence-electron chi connectivity index (χ1n) is 5.62. The van der Waals surface area contributed by atoms with E-state index in [1.165, 1.54) is 0 Å². The van der Waals surface area contributed by atoms with Crippen molar-refractivity contribution < 1.29 is 9.90 Å². The quantitative estimate of drug-likeness (QED) is 0.825. The molecule has 0 fully saturated rings. The van der Waals surface area contributed by atoms with Crippen LogP contribution in [0, 0.1) is 0 Å². The Kier molecular flexibility index (Phi) is 2.92. The largest absolute Gasteiger partial charge is 0.381 e. The van der Waals surface area contributed by atoms with Crippen molar-refractivity contribution in [3.63, 3.8) is 0 Å². The highest BCUT2D eigenvalue weighted by atomic mass is 16.3. The molecule has 0 radical (unpaired) electrons. The van der Waals surface area contributed by atoms with Crippen molar-refractivity contribution in [3.8, 4) is 0 Å². The molecule has 0 heterocycles. The topological polar surface area (TPSA) is 37.3 Å². The highest BCUT2D eigenvalue weighted by Gasteiger charge is 2.29. The zero-order chi connectivity index (χ0) is 11.6. The third kappa shape index (κ3) is 2.07. The second kappa shape index (κ2) is 4.22. The van der Waals surface area contributed by atoms with Gasteiger partial charge in [0.2, 0.25) is 0 Å². The number of ketones is 1. The van der Waals surface area contributed by atoms with E-state index in [0.29, 0.717) is 6.42 Å². The zero-order valence-corrected chi connectivity index (χ0v) is 9.44. The molecular formula is C14H16O2. The first-order chi connectivity index (χ1) is 7.60. The summed E-state index contributed by atoms with van der Waals surface area (Å²) in [6.45, 7) is 1.76. The molecule has 1 aliphatic rings. The highest BCUT2D eigenvalue weighted by Crippen LogP contribution is 2.34. The number of hydrogen-bond acceptors (Lipinski definition) is 2. The summed E-state index contributed by atoms with van der Waals surface area (Å²) in [4.78, 5) is 11.4. The lowest BCUT2D eigenvalue weighted by Crippen LogP contribution is -2.26. The molecule has 84 valence electrons. The van der Waals surface area contributed by atoms with Crippen LogP contribution in [0.15, 0.2) is 42.0 Å². The van der Waals surface area contributed by atoms with Crippen LogP contribution in [0.1, 0.15) is 31.7 Å². The summed E-state index contributed by atoms with van der Waals surface area (Å²) in [6, 6.07) is 9.49. The van der Waals surface area contributed by atoms with E-state index in [1.54, 1.807) is 13.0 Å². The number of hydrogen-bond donors (Lipinski definition) is 1. The Hall–Kier alpha value is -1.41. The van der Waals surface area contributed by atoms with E-state index in [0.717, 1.165) is 24.0 Å². The molecule has 0 saturated heterocycles. The van der Waals surface area contributed by atoms with Crippen LogP contribution in [-0.4, -0.2) is 10.9 Å². The van der Waals surface area contributed by atoms with Gasteiger partial charge in [-0.1, -0.05) is 30.3 Å². The first-order valence-corrected chi connectivity index (χ1v) is 5.62. The van der Waals surface area contributed by atoms with E-state index in [9.17, 15) is 9.90 Å². The second-order valence-corrected chi connectivity index (χ2v) is 4.43. The molecule has 0 aromatic heterocycles. The van der Waals surface area contributed by atoms with Crippen LogP contribution in [0.5, 0.6) is 0 Å². The van der Waals surface area contributed by atoms with Gasteiger partial charge < -0.3 is 5.11 Å². The average Bonchev–Trinajstić information content (AvgIpc) is 2.30. The standard InChI is InChI=1S/C14H16O2/c1-14(16,11-6-3-2-4-7-11)12-8-5-9-13(15)10-12/h2-4,6-7,10,16H,5,8-9H2,1H3. The van der Waals surface area contributed by atoms with Gasteiger partial charge in [0.15, 0.2) is 5.78 Å². The third-order valence-corrected chi connectivity index (χ3v) is 3.17. The predicted octanol–water partition coefficient (Wildman–Crippen LogP) is 2.57. The third-order valence-electron chi connectivity index (χ3n) is 3.17. The molecule has 2 nitrogen and oxygen atoms in total. The van der Waals surface area contributed by atoms with Crippen LogP contribution in [-0.2, 0) is 10.4 Å². The van der Waals surface area contributed by atoms with Crippen molar-refractivity contribution in [3.05, 3.63) is 47.5 Å². The fourth-order valence-corrected chi connectivity index (χ4v) is 2.12. The van der Waals surface area contributed by atoms with Crippen LogP contribution in [0.2, 0.25) is 0 Å². The number of allylic oxidation sites excluding steroid dienone is 1. The summed E-state index contributed by atoms with van der Waals surface area (Å²) in [7, 11) is 0. The van der Waals surface area contributed by atoms with Gasteiger partial charge in [-0.25, -0.2) is 0 Å². The smallest absolute Gasteiger partial charge is 0.155 e. The lowest BCUT2D eigenvalue weighted by atomic mass is 9.82. The lowest BCUT2D eigenvalue weighted by Gasteiger charge is -2.29. The van der Waals surface area contributed by atoms with Crippen molar-refractivity contribution in [1.82, 2.24) is 0 Å². The van der Waals surface area contributed by atoms with E-state index in [2.05, 4.69) is 0 Å². The number of carbonyl (C=O) groups is 1. The maximum Gasteiger partial charge on any atom is 0.155 e. The van der Waals surface area contributed by atoms with E-state index in [-0.39, 0.29) is 5.78 Å². The molecule has 1 N–H and O–H groups in total. The molecule has 2 rings (SSSR count). The van der Waals surface area contributed by atoms with Crippen molar-refractivity contribution in [2.75, 3.05) is 0 Å². The van der Waals surface area contributed by atoms with Crippen LogP contribution in [0.4, 0.5) is 0 Å². The predicted molar refractivity (Wildman–Crippen MR) is 63.0 cm³/mol. The molecule has 1 atom stereocenters. The fourth-order valence-electron chi connectivity index (χ4n) is 2.12. The Morgan fingerprint density at radius 3 is 2.50 bits per heavy atom. The summed E-state index contributed by atoms with van der Waals surface area (Å²) >= 11 is 0. The normalized spacial score (nSPS) is 20.1. The van der Waals surface area contributed by atoms with Gasteiger partial charge in [-0.3, -0.25) is 4.79 Å². The Balaban J connectivity index is 2.35. The van der Waals surface area contributed by atoms with Crippen LogP contribution >= 0.6 is 0 Å². The minimum Gasteiger partial charge on any atom is -0.381 e. The monoisotopic (exact) mass is 216 g/mol. The number of benzene rings is 1. The molecule has 0 aliphatic heterocycles. The van der Waals surface area contributed by atoms with Gasteiger partial charge in [-0.2, -0.15) is 0 Å². The van der Waals surface area contributed by atoms with Gasteiger partial charge in [0.1, 0.15) is 5.60 Å². The average molecular weight is 216 g/mol. The lowest BCUT2D eigenvalue weighted by molar-refractivity contribution is -0.115. The van der Waals surface area contributed by atoms with E-state index in [1.807, 2.05) is 30.3 Å². The van der Waals surface area contributed by atoms with Gasteiger partial charge >= 0.3 is 0 Å². The maximum absolute atomic E-state index is 11.4. The Bertz CT molecular complexity index is 416. The van der Waals surface area contributed by atoms with E-state index < -0.39 is 5.60 Å². The molecule has 0 amide bonds. The zero-order valence-electron chi connectivity index (χ0n) is 9.44. The number of aliphatic hydroxyl groups is 1. The molecular weight excluding hydrogens is 200 g/mol. The van der Waals surface area contributed by atoms with Crippen LogP contribution in [0.3, 0.4) is 0 Å². The molecule has 0 bridgehead atoms. The maximum atomic E-state index is 11.4. The van der Waals surface area contributed by atoms with Crippen LogP contribution < -0.4 is 0 Å². The van der Waals surface area contributed by atoms with Crippen molar-refractivity contribution in [2.45, 2.75) is 31.8 Å². The summed E-state index contributed by atoms with van der Waals surface area (Å²) in [5.41, 5.74) is 0.656. The summed E-state index contributed by atoms with van der Waals surface area (Å²) in [6.07, 6.45) is 3.85. The Morgan fingerprint density at radius 2 is 1.88 bits per heavy atom. The van der Waals surface area contributed by atoms with Gasteiger partial charge in [-0.05, 0) is 37.0 Å². The molecule has 1 aliphatic carbocycles. The SMILES string of the molecule is CC(O)(C1=CC(=O)CCC1)c1ccccc1. The molecule has 0 spiro atoms. The summed E-state index contributed by atoms with van der Waals surface area (Å²) in [5.74, 6) is 0.123. The molecule has 1 aromatic carbocycles. The fraction of sp³-hybridized carbons (Fsp3) is 0.357. The molecule has 2 heteroatoms. The number of rotatable bonds is 2. The minimum atomic E-state index is -1.02. The Morgan fingerprint density at radius 1 is 1.19 bits per heavy atom. The first kappa shape index (κ1) is 11.1. The highest BCUT2D eigenvalue weighted by molar-refractivity contribution is 5.91. The van der Waals surface area contributed by atoms with Crippen molar-refractivity contribution >= 4 is 5.78 Å². The second-order valence-electron chi connectivity index (χ2n) is 4.43. The molecule has 1 unspecified atom stereocenters. The van der Waals surface area contributed by atoms with Crippen molar-refractivity contribution in [2.24, 2.45) is 0 Å². The molecule has 1 aromatic rings. The van der Waals surface area contributed by atoms with Gasteiger partial charge in [-0.15, -0.1) is 0 Å². The Labute approximate surface area is 95.6 Å². The molecule has 16 heavy (non-hydrogen) atoms. The number of carbonyl (C=O) groups excluding carboxylic acids is 1. The van der Waals surface area contributed by atoms with Gasteiger partial charge in [0.05, 0.1) is 0 Å². The van der Waals surface area contributed by atoms with Crippen LogP contribution in [0.25, 0.3) is 0 Å². The van der Waals surface area contributed by atoms with E-state index >= 15 is 0 Å². The molecule has 0 saturated carbocycles.